The van der Waals surface area contributed by atoms with Crippen molar-refractivity contribution in [3.05, 3.63) is 16.7 Å². The Morgan fingerprint density at radius 2 is 1.77 bits per heavy atom. The molecular weight excluding hydrogens is 200 g/mol. The summed E-state index contributed by atoms with van der Waals surface area (Å²) in [6.07, 6.45) is 0. The number of rotatable bonds is 1. The fourth-order valence-electron chi connectivity index (χ4n) is 0.784. The van der Waals surface area contributed by atoms with Crippen LogP contribution in [0.3, 0.4) is 0 Å². The van der Waals surface area contributed by atoms with Crippen LogP contribution in [0.1, 0.15) is 10.4 Å². The number of hydrogen-bond acceptors (Lipinski definition) is 4. The van der Waals surface area contributed by atoms with Crippen molar-refractivity contribution in [2.75, 3.05) is 0 Å². The van der Waals surface area contributed by atoms with Gasteiger partial charge in [0.25, 0.3) is 0 Å². The molecular formula is C7H5ClO5. The topological polar surface area (TPSA) is 98.0 Å². The summed E-state index contributed by atoms with van der Waals surface area (Å²) in [6, 6.07) is 0.750. The molecule has 0 aromatic heterocycles. The molecule has 6 heteroatoms. The number of aromatic hydroxyl groups is 3. The summed E-state index contributed by atoms with van der Waals surface area (Å²) in [5.74, 6) is -3.79. The lowest BCUT2D eigenvalue weighted by Crippen LogP contribution is -1.96. The van der Waals surface area contributed by atoms with Crippen LogP contribution in [-0.4, -0.2) is 26.4 Å². The summed E-state index contributed by atoms with van der Waals surface area (Å²) in [5, 5.41) is 35.0. The summed E-state index contributed by atoms with van der Waals surface area (Å²) in [5.41, 5.74) is -0.612. The van der Waals surface area contributed by atoms with E-state index in [9.17, 15) is 4.79 Å². The van der Waals surface area contributed by atoms with Crippen molar-refractivity contribution >= 4 is 17.6 Å². The zero-order chi connectivity index (χ0) is 10.2. The Morgan fingerprint density at radius 3 is 2.23 bits per heavy atom. The molecule has 5 nitrogen and oxygen atoms in total. The van der Waals surface area contributed by atoms with Crippen LogP contribution in [0, 0.1) is 0 Å². The Labute approximate surface area is 77.4 Å². The fourth-order valence-corrected chi connectivity index (χ4v) is 0.928. The smallest absolute Gasteiger partial charge is 0.339 e. The summed E-state index contributed by atoms with van der Waals surface area (Å²) in [7, 11) is 0. The monoisotopic (exact) mass is 204 g/mol. The maximum absolute atomic E-state index is 10.4. The molecule has 70 valence electrons. The van der Waals surface area contributed by atoms with Crippen molar-refractivity contribution in [1.29, 1.82) is 0 Å². The number of benzene rings is 1. The third-order valence-electron chi connectivity index (χ3n) is 1.42. The predicted molar refractivity (Wildman–Crippen MR) is 43.4 cm³/mol. The second-order valence-electron chi connectivity index (χ2n) is 2.26. The van der Waals surface area contributed by atoms with Gasteiger partial charge < -0.3 is 20.4 Å². The van der Waals surface area contributed by atoms with Crippen LogP contribution in [0.25, 0.3) is 0 Å². The lowest BCUT2D eigenvalue weighted by molar-refractivity contribution is 0.0692. The van der Waals surface area contributed by atoms with E-state index in [-0.39, 0.29) is 0 Å². The number of carboxylic acids is 1. The molecule has 0 aliphatic carbocycles. The second kappa shape index (κ2) is 3.02. The Kier molecular flexibility index (Phi) is 2.20. The van der Waals surface area contributed by atoms with E-state index >= 15 is 0 Å². The molecule has 0 aliphatic heterocycles. The zero-order valence-corrected chi connectivity index (χ0v) is 6.91. The minimum atomic E-state index is -1.47. The van der Waals surface area contributed by atoms with Crippen LogP contribution in [0.5, 0.6) is 17.2 Å². The van der Waals surface area contributed by atoms with Crippen molar-refractivity contribution in [2.45, 2.75) is 0 Å². The Bertz CT molecular complexity index is 374. The van der Waals surface area contributed by atoms with E-state index in [1.54, 1.807) is 0 Å². The highest BCUT2D eigenvalue weighted by molar-refractivity contribution is 6.33. The van der Waals surface area contributed by atoms with E-state index < -0.39 is 33.8 Å². The van der Waals surface area contributed by atoms with E-state index in [0.29, 0.717) is 0 Å². The molecule has 0 heterocycles. The molecule has 0 bridgehead atoms. The first-order valence-corrected chi connectivity index (χ1v) is 3.49. The fraction of sp³-hybridized carbons (Fsp3) is 0. The van der Waals surface area contributed by atoms with Crippen molar-refractivity contribution in [3.8, 4) is 17.2 Å². The van der Waals surface area contributed by atoms with Gasteiger partial charge in [-0.2, -0.15) is 0 Å². The van der Waals surface area contributed by atoms with E-state index in [4.69, 9.17) is 32.0 Å². The van der Waals surface area contributed by atoms with Crippen LogP contribution in [0.4, 0.5) is 0 Å². The molecule has 0 aliphatic rings. The Balaban J connectivity index is 3.50. The molecule has 0 saturated heterocycles. The van der Waals surface area contributed by atoms with Gasteiger partial charge in [0, 0.05) is 0 Å². The van der Waals surface area contributed by atoms with Crippen molar-refractivity contribution in [3.63, 3.8) is 0 Å². The summed E-state index contributed by atoms with van der Waals surface area (Å²) in [6.45, 7) is 0. The minimum Gasteiger partial charge on any atom is -0.506 e. The number of carboxylic acid groups (broad SMARTS) is 1. The van der Waals surface area contributed by atoms with Crippen LogP contribution < -0.4 is 0 Å². The van der Waals surface area contributed by atoms with Gasteiger partial charge in [0.05, 0.1) is 0 Å². The standard InChI is InChI=1S/C7H5ClO5/c8-4-3(9)1-2(7(12)13)5(10)6(4)11/h1,9-11H,(H,12,13). The highest BCUT2D eigenvalue weighted by atomic mass is 35.5. The maximum atomic E-state index is 10.4. The van der Waals surface area contributed by atoms with E-state index in [2.05, 4.69) is 0 Å². The molecule has 13 heavy (non-hydrogen) atoms. The van der Waals surface area contributed by atoms with Crippen molar-refractivity contribution in [1.82, 2.24) is 0 Å². The molecule has 0 radical (unpaired) electrons. The molecule has 1 rings (SSSR count). The van der Waals surface area contributed by atoms with Crippen LogP contribution in [-0.2, 0) is 0 Å². The average Bonchev–Trinajstić information content (AvgIpc) is 2.07. The summed E-state index contributed by atoms with van der Waals surface area (Å²) >= 11 is 5.31. The number of phenols is 3. The summed E-state index contributed by atoms with van der Waals surface area (Å²) < 4.78 is 0. The van der Waals surface area contributed by atoms with Gasteiger partial charge >= 0.3 is 5.97 Å². The van der Waals surface area contributed by atoms with E-state index in [0.717, 1.165) is 6.07 Å². The van der Waals surface area contributed by atoms with Crippen LogP contribution in [0.15, 0.2) is 6.07 Å². The number of hydrogen-bond donors (Lipinski definition) is 4. The van der Waals surface area contributed by atoms with Gasteiger partial charge in [-0.3, -0.25) is 0 Å². The Morgan fingerprint density at radius 1 is 1.23 bits per heavy atom. The number of halogens is 1. The number of phenolic OH excluding ortho intramolecular Hbond substituents is 2. The third-order valence-corrected chi connectivity index (χ3v) is 1.80. The van der Waals surface area contributed by atoms with Gasteiger partial charge in [-0.15, -0.1) is 0 Å². The first-order chi connectivity index (χ1) is 5.95. The zero-order valence-electron chi connectivity index (χ0n) is 6.15. The molecule has 0 fully saturated rings. The highest BCUT2D eigenvalue weighted by Crippen LogP contribution is 2.41. The molecule has 1 aromatic rings. The third kappa shape index (κ3) is 1.46. The lowest BCUT2D eigenvalue weighted by atomic mass is 10.2. The van der Waals surface area contributed by atoms with E-state index in [1.165, 1.54) is 0 Å². The van der Waals surface area contributed by atoms with Gasteiger partial charge in [-0.1, -0.05) is 11.6 Å². The highest BCUT2D eigenvalue weighted by Gasteiger charge is 2.19. The van der Waals surface area contributed by atoms with Gasteiger partial charge in [-0.05, 0) is 6.07 Å². The Hall–Kier alpha value is -1.62. The quantitative estimate of drug-likeness (QED) is 0.406. The SMILES string of the molecule is O=C(O)c1cc(O)c(Cl)c(O)c1O. The van der Waals surface area contributed by atoms with Crippen LogP contribution in [0.2, 0.25) is 5.02 Å². The van der Waals surface area contributed by atoms with E-state index in [1.807, 2.05) is 0 Å². The average molecular weight is 205 g/mol. The first kappa shape index (κ1) is 9.47. The number of carbonyl (C=O) groups is 1. The normalized spacial score (nSPS) is 9.92. The molecule has 0 unspecified atom stereocenters. The van der Waals surface area contributed by atoms with Gasteiger partial charge in [-0.25, -0.2) is 4.79 Å². The second-order valence-corrected chi connectivity index (χ2v) is 2.64. The minimum absolute atomic E-state index is 0.484. The predicted octanol–water partition coefficient (Wildman–Crippen LogP) is 1.16. The van der Waals surface area contributed by atoms with Crippen molar-refractivity contribution < 1.29 is 25.2 Å². The van der Waals surface area contributed by atoms with Crippen LogP contribution >= 0.6 is 11.6 Å². The van der Waals surface area contributed by atoms with Gasteiger partial charge in [0.1, 0.15) is 16.3 Å². The molecule has 0 spiro atoms. The summed E-state index contributed by atoms with van der Waals surface area (Å²) in [4.78, 5) is 10.4. The number of aromatic carboxylic acids is 1. The largest absolute Gasteiger partial charge is 0.506 e. The maximum Gasteiger partial charge on any atom is 0.339 e. The lowest BCUT2D eigenvalue weighted by Gasteiger charge is -2.05. The van der Waals surface area contributed by atoms with Gasteiger partial charge in [0.15, 0.2) is 11.5 Å². The van der Waals surface area contributed by atoms with Crippen molar-refractivity contribution in [2.24, 2.45) is 0 Å². The molecule has 0 saturated carbocycles. The first-order valence-electron chi connectivity index (χ1n) is 3.11. The van der Waals surface area contributed by atoms with Gasteiger partial charge in [0.2, 0.25) is 0 Å². The molecule has 0 amide bonds. The molecule has 1 aromatic carbocycles. The molecule has 0 atom stereocenters. The molecule has 4 N–H and O–H groups in total.